The fourth-order valence-corrected chi connectivity index (χ4v) is 3.17. The summed E-state index contributed by atoms with van der Waals surface area (Å²) in [5, 5.41) is 0. The molecule has 0 saturated carbocycles. The lowest BCUT2D eigenvalue weighted by Crippen LogP contribution is -2.15. The smallest absolute Gasteiger partial charge is 0.161 e. The quantitative estimate of drug-likeness (QED) is 0.757. The molecule has 0 bridgehead atoms. The van der Waals surface area contributed by atoms with Crippen LogP contribution in [0.3, 0.4) is 0 Å². The molecule has 1 aliphatic heterocycles. The van der Waals surface area contributed by atoms with Crippen LogP contribution >= 0.6 is 15.9 Å². The molecule has 0 radical (unpaired) electrons. The van der Waals surface area contributed by atoms with E-state index in [-0.39, 0.29) is 0 Å². The number of rotatable bonds is 2. The van der Waals surface area contributed by atoms with Crippen LogP contribution in [-0.4, -0.2) is 13.2 Å². The van der Waals surface area contributed by atoms with Crippen molar-refractivity contribution in [2.45, 2.75) is 32.0 Å². The van der Waals surface area contributed by atoms with E-state index in [2.05, 4.69) is 48.8 Å². The maximum absolute atomic E-state index is 5.60. The Bertz CT molecular complexity index is 396. The van der Waals surface area contributed by atoms with Crippen molar-refractivity contribution in [3.05, 3.63) is 23.8 Å². The summed E-state index contributed by atoms with van der Waals surface area (Å²) >= 11 is 3.75. The highest BCUT2D eigenvalue weighted by Gasteiger charge is 2.20. The van der Waals surface area contributed by atoms with Crippen molar-refractivity contribution < 1.29 is 9.47 Å². The lowest BCUT2D eigenvalue weighted by Gasteiger charge is -2.24. The van der Waals surface area contributed by atoms with Gasteiger partial charge in [0.25, 0.3) is 0 Å². The van der Waals surface area contributed by atoms with E-state index in [0.717, 1.165) is 17.9 Å². The molecule has 1 aromatic rings. The first kappa shape index (κ1) is 12.7. The van der Waals surface area contributed by atoms with Gasteiger partial charge in [0.2, 0.25) is 0 Å². The van der Waals surface area contributed by atoms with Crippen molar-refractivity contribution in [2.24, 2.45) is 5.41 Å². The minimum Gasteiger partial charge on any atom is -0.486 e. The zero-order valence-electron chi connectivity index (χ0n) is 10.6. The van der Waals surface area contributed by atoms with E-state index in [1.807, 2.05) is 6.07 Å². The van der Waals surface area contributed by atoms with Gasteiger partial charge in [0.15, 0.2) is 11.5 Å². The average Bonchev–Trinajstić information content (AvgIpc) is 2.26. The molecular formula is C14H19BrO2. The van der Waals surface area contributed by atoms with Crippen molar-refractivity contribution in [1.82, 2.24) is 0 Å². The first-order valence-corrected chi connectivity index (χ1v) is 6.91. The van der Waals surface area contributed by atoms with Crippen LogP contribution in [0.15, 0.2) is 18.2 Å². The van der Waals surface area contributed by atoms with E-state index in [1.54, 1.807) is 0 Å². The van der Waals surface area contributed by atoms with Crippen molar-refractivity contribution in [3.8, 4) is 11.5 Å². The molecule has 0 amide bonds. The van der Waals surface area contributed by atoms with Gasteiger partial charge in [-0.2, -0.15) is 0 Å². The predicted molar refractivity (Wildman–Crippen MR) is 73.2 cm³/mol. The first-order valence-electron chi connectivity index (χ1n) is 5.99. The highest BCUT2D eigenvalue weighted by atomic mass is 79.9. The molecule has 1 unspecified atom stereocenters. The van der Waals surface area contributed by atoms with Crippen molar-refractivity contribution in [2.75, 3.05) is 13.2 Å². The van der Waals surface area contributed by atoms with E-state index in [1.165, 1.54) is 5.56 Å². The van der Waals surface area contributed by atoms with Crippen LogP contribution in [0.25, 0.3) is 0 Å². The summed E-state index contributed by atoms with van der Waals surface area (Å²) in [5.41, 5.74) is 1.56. The van der Waals surface area contributed by atoms with Crippen LogP contribution < -0.4 is 9.47 Å². The third kappa shape index (κ3) is 3.38. The predicted octanol–water partition coefficient (Wildman–Crippen LogP) is 4.33. The topological polar surface area (TPSA) is 18.5 Å². The molecule has 0 N–H and O–H groups in total. The van der Waals surface area contributed by atoms with Gasteiger partial charge < -0.3 is 9.47 Å². The van der Waals surface area contributed by atoms with Crippen LogP contribution in [0.1, 0.15) is 37.6 Å². The second kappa shape index (κ2) is 4.89. The van der Waals surface area contributed by atoms with Gasteiger partial charge >= 0.3 is 0 Å². The van der Waals surface area contributed by atoms with E-state index >= 15 is 0 Å². The molecule has 1 heterocycles. The van der Waals surface area contributed by atoms with Gasteiger partial charge in [-0.3, -0.25) is 0 Å². The van der Waals surface area contributed by atoms with Gasteiger partial charge in [0.1, 0.15) is 13.2 Å². The molecule has 0 spiro atoms. The molecule has 2 nitrogen and oxygen atoms in total. The summed E-state index contributed by atoms with van der Waals surface area (Å²) in [6.07, 6.45) is 1.09. The molecule has 0 saturated heterocycles. The Morgan fingerprint density at radius 3 is 2.47 bits per heavy atom. The van der Waals surface area contributed by atoms with E-state index in [0.29, 0.717) is 23.5 Å². The van der Waals surface area contributed by atoms with Gasteiger partial charge in [-0.1, -0.05) is 42.8 Å². The zero-order chi connectivity index (χ0) is 12.5. The number of benzene rings is 1. The average molecular weight is 299 g/mol. The highest BCUT2D eigenvalue weighted by molar-refractivity contribution is 9.09. The molecule has 1 atom stereocenters. The van der Waals surface area contributed by atoms with Crippen LogP contribution in [0, 0.1) is 5.41 Å². The van der Waals surface area contributed by atoms with Gasteiger partial charge in [-0.25, -0.2) is 0 Å². The molecule has 0 aliphatic carbocycles. The van der Waals surface area contributed by atoms with Gasteiger partial charge in [0, 0.05) is 4.83 Å². The number of hydrogen-bond donors (Lipinski definition) is 0. The summed E-state index contributed by atoms with van der Waals surface area (Å²) in [6, 6.07) is 6.19. The summed E-state index contributed by atoms with van der Waals surface area (Å²) < 4.78 is 11.1. The number of hydrogen-bond acceptors (Lipinski definition) is 2. The highest BCUT2D eigenvalue weighted by Crippen LogP contribution is 2.39. The molecule has 17 heavy (non-hydrogen) atoms. The van der Waals surface area contributed by atoms with Crippen molar-refractivity contribution in [3.63, 3.8) is 0 Å². The first-order chi connectivity index (χ1) is 7.96. The standard InChI is InChI=1S/C14H19BrO2/c1-14(2,3)9-11(15)10-4-5-12-13(8-10)17-7-6-16-12/h4-5,8,11H,6-7,9H2,1-3H3. The Labute approximate surface area is 111 Å². The van der Waals surface area contributed by atoms with E-state index in [4.69, 9.17) is 9.47 Å². The fourth-order valence-electron chi connectivity index (χ4n) is 1.91. The Hall–Kier alpha value is -0.700. The fraction of sp³-hybridized carbons (Fsp3) is 0.571. The minimum atomic E-state index is 0.307. The second-order valence-electron chi connectivity index (χ2n) is 5.64. The molecule has 3 heteroatoms. The Balaban J connectivity index is 2.16. The monoisotopic (exact) mass is 298 g/mol. The molecule has 0 aromatic heterocycles. The Morgan fingerprint density at radius 2 is 1.82 bits per heavy atom. The molecule has 1 aliphatic rings. The van der Waals surface area contributed by atoms with Crippen LogP contribution in [0.2, 0.25) is 0 Å². The van der Waals surface area contributed by atoms with Crippen molar-refractivity contribution >= 4 is 15.9 Å². The Morgan fingerprint density at radius 1 is 1.18 bits per heavy atom. The molecule has 1 aromatic carbocycles. The third-order valence-electron chi connectivity index (χ3n) is 2.72. The van der Waals surface area contributed by atoms with Crippen LogP contribution in [0.4, 0.5) is 0 Å². The molecule has 0 fully saturated rings. The van der Waals surface area contributed by atoms with Gasteiger partial charge in [-0.15, -0.1) is 0 Å². The van der Waals surface area contributed by atoms with Crippen LogP contribution in [-0.2, 0) is 0 Å². The lowest BCUT2D eigenvalue weighted by atomic mass is 9.88. The van der Waals surface area contributed by atoms with Crippen molar-refractivity contribution in [1.29, 1.82) is 0 Å². The van der Waals surface area contributed by atoms with Gasteiger partial charge in [0.05, 0.1) is 0 Å². The molecule has 2 rings (SSSR count). The molecular weight excluding hydrogens is 280 g/mol. The lowest BCUT2D eigenvalue weighted by molar-refractivity contribution is 0.171. The largest absolute Gasteiger partial charge is 0.486 e. The zero-order valence-corrected chi connectivity index (χ0v) is 12.2. The van der Waals surface area contributed by atoms with Gasteiger partial charge in [-0.05, 0) is 29.5 Å². The summed E-state index contributed by atoms with van der Waals surface area (Å²) in [7, 11) is 0. The number of halogens is 1. The number of alkyl halides is 1. The summed E-state index contributed by atoms with van der Waals surface area (Å²) in [6.45, 7) is 8.03. The minimum absolute atomic E-state index is 0.307. The maximum Gasteiger partial charge on any atom is 0.161 e. The normalized spacial score (nSPS) is 16.7. The summed E-state index contributed by atoms with van der Waals surface area (Å²) in [4.78, 5) is 0.360. The maximum atomic E-state index is 5.60. The Kier molecular flexibility index (Phi) is 3.67. The second-order valence-corrected chi connectivity index (χ2v) is 6.74. The van der Waals surface area contributed by atoms with E-state index in [9.17, 15) is 0 Å². The SMILES string of the molecule is CC(C)(C)CC(Br)c1ccc2c(c1)OCCO2. The third-order valence-corrected chi connectivity index (χ3v) is 3.57. The van der Waals surface area contributed by atoms with E-state index < -0.39 is 0 Å². The van der Waals surface area contributed by atoms with Crippen LogP contribution in [0.5, 0.6) is 11.5 Å². The number of ether oxygens (including phenoxy) is 2. The number of fused-ring (bicyclic) bond motifs is 1. The summed E-state index contributed by atoms with van der Waals surface area (Å²) in [5.74, 6) is 1.72. The molecule has 94 valence electrons.